The lowest BCUT2D eigenvalue weighted by Crippen LogP contribution is -2.14. The molecule has 0 unspecified atom stereocenters. The van der Waals surface area contributed by atoms with E-state index in [0.29, 0.717) is 23.6 Å². The minimum Gasteiger partial charge on any atom is -0.494 e. The van der Waals surface area contributed by atoms with E-state index in [-0.39, 0.29) is 10.6 Å². The molecule has 0 spiro atoms. The molecule has 23 heavy (non-hydrogen) atoms. The van der Waals surface area contributed by atoms with E-state index in [1.54, 1.807) is 31.2 Å². The van der Waals surface area contributed by atoms with Crippen molar-refractivity contribution >= 4 is 21.4 Å². The normalized spacial score (nSPS) is 11.0. The van der Waals surface area contributed by atoms with Gasteiger partial charge in [0.1, 0.15) is 5.75 Å². The third-order valence-electron chi connectivity index (χ3n) is 3.07. The number of nitro groups is 1. The number of rotatable bonds is 6. The lowest BCUT2D eigenvalue weighted by Gasteiger charge is -2.11. The van der Waals surface area contributed by atoms with Gasteiger partial charge in [-0.3, -0.25) is 14.8 Å². The van der Waals surface area contributed by atoms with Crippen molar-refractivity contribution in [2.75, 3.05) is 11.3 Å². The monoisotopic (exact) mass is 336 g/mol. The van der Waals surface area contributed by atoms with Crippen LogP contribution in [-0.2, 0) is 10.0 Å². The summed E-state index contributed by atoms with van der Waals surface area (Å²) in [6.07, 6.45) is 0. The summed E-state index contributed by atoms with van der Waals surface area (Å²) in [4.78, 5) is 10.1. The molecule has 2 aromatic rings. The number of sulfonamides is 1. The molecule has 7 nitrogen and oxygen atoms in total. The highest BCUT2D eigenvalue weighted by Gasteiger charge is 2.20. The fourth-order valence-electron chi connectivity index (χ4n) is 2.02. The molecule has 2 rings (SSSR count). The van der Waals surface area contributed by atoms with Crippen LogP contribution in [0.5, 0.6) is 5.75 Å². The average molecular weight is 336 g/mol. The lowest BCUT2D eigenvalue weighted by atomic mass is 10.2. The number of anilines is 1. The van der Waals surface area contributed by atoms with Crippen LogP contribution in [0.3, 0.4) is 0 Å². The smallest absolute Gasteiger partial charge is 0.270 e. The average Bonchev–Trinajstić information content (AvgIpc) is 2.47. The van der Waals surface area contributed by atoms with Crippen molar-refractivity contribution in [2.45, 2.75) is 18.7 Å². The van der Waals surface area contributed by atoms with Gasteiger partial charge < -0.3 is 4.74 Å². The molecule has 2 aromatic carbocycles. The molecule has 0 radical (unpaired) electrons. The molecule has 122 valence electrons. The van der Waals surface area contributed by atoms with E-state index in [9.17, 15) is 18.5 Å². The van der Waals surface area contributed by atoms with Crippen LogP contribution in [0.4, 0.5) is 11.4 Å². The summed E-state index contributed by atoms with van der Waals surface area (Å²) in [7, 11) is -3.94. The first kappa shape index (κ1) is 16.8. The van der Waals surface area contributed by atoms with Gasteiger partial charge in [0.25, 0.3) is 15.7 Å². The zero-order valence-corrected chi connectivity index (χ0v) is 13.5. The summed E-state index contributed by atoms with van der Waals surface area (Å²) in [5, 5.41) is 10.8. The minimum atomic E-state index is -3.94. The predicted octanol–water partition coefficient (Wildman–Crippen LogP) is 3.10. The Bertz CT molecular complexity index is 834. The van der Waals surface area contributed by atoms with Gasteiger partial charge in [-0.2, -0.15) is 0 Å². The van der Waals surface area contributed by atoms with Crippen LogP contribution in [0, 0.1) is 17.0 Å². The van der Waals surface area contributed by atoms with E-state index < -0.39 is 14.9 Å². The van der Waals surface area contributed by atoms with Crippen LogP contribution in [0.15, 0.2) is 47.4 Å². The molecule has 0 aromatic heterocycles. The van der Waals surface area contributed by atoms with E-state index in [1.165, 1.54) is 12.1 Å². The molecule has 0 fully saturated rings. The van der Waals surface area contributed by atoms with Crippen molar-refractivity contribution in [3.05, 3.63) is 58.1 Å². The minimum absolute atomic E-state index is 0.131. The molecule has 0 aliphatic carbocycles. The van der Waals surface area contributed by atoms with Crippen LogP contribution < -0.4 is 9.46 Å². The maximum atomic E-state index is 12.5. The highest BCUT2D eigenvalue weighted by Crippen LogP contribution is 2.25. The van der Waals surface area contributed by atoms with Crippen LogP contribution in [0.2, 0.25) is 0 Å². The highest BCUT2D eigenvalue weighted by atomic mass is 32.2. The Morgan fingerprint density at radius 1 is 1.22 bits per heavy atom. The van der Waals surface area contributed by atoms with E-state index in [1.807, 2.05) is 6.92 Å². The molecule has 0 saturated heterocycles. The van der Waals surface area contributed by atoms with Crippen molar-refractivity contribution in [3.63, 3.8) is 0 Å². The molecule has 0 aliphatic rings. The number of nitro benzene ring substituents is 1. The number of benzene rings is 2. The maximum Gasteiger partial charge on any atom is 0.270 e. The van der Waals surface area contributed by atoms with Crippen LogP contribution in [-0.4, -0.2) is 19.9 Å². The SMILES string of the molecule is CCOc1cccc(NS(=O)(=O)c2cc([N+](=O)[O-])ccc2C)c1. The van der Waals surface area contributed by atoms with Gasteiger partial charge in [0.05, 0.1) is 22.1 Å². The van der Waals surface area contributed by atoms with Gasteiger partial charge in [-0.25, -0.2) is 8.42 Å². The number of aryl methyl sites for hydroxylation is 1. The second-order valence-corrected chi connectivity index (χ2v) is 6.42. The molecular formula is C15H16N2O5S. The fraction of sp³-hybridized carbons (Fsp3) is 0.200. The summed E-state index contributed by atoms with van der Waals surface area (Å²) < 4.78 is 32.7. The van der Waals surface area contributed by atoms with Gasteiger partial charge in [0.2, 0.25) is 0 Å². The van der Waals surface area contributed by atoms with Gasteiger partial charge in [-0.15, -0.1) is 0 Å². The Kier molecular flexibility index (Phi) is 4.85. The number of non-ortho nitro benzene ring substituents is 1. The Morgan fingerprint density at radius 2 is 1.96 bits per heavy atom. The van der Waals surface area contributed by atoms with E-state index in [2.05, 4.69) is 4.72 Å². The highest BCUT2D eigenvalue weighted by molar-refractivity contribution is 7.92. The number of nitrogens with one attached hydrogen (secondary N) is 1. The van der Waals surface area contributed by atoms with Crippen molar-refractivity contribution < 1.29 is 18.1 Å². The number of hydrogen-bond acceptors (Lipinski definition) is 5. The molecule has 0 heterocycles. The molecular weight excluding hydrogens is 320 g/mol. The number of nitrogens with zero attached hydrogens (tertiary/aromatic N) is 1. The van der Waals surface area contributed by atoms with Gasteiger partial charge in [-0.1, -0.05) is 12.1 Å². The molecule has 0 saturated carbocycles. The molecule has 1 N–H and O–H groups in total. The van der Waals surface area contributed by atoms with Crippen molar-refractivity contribution in [1.29, 1.82) is 0 Å². The van der Waals surface area contributed by atoms with Crippen molar-refractivity contribution in [2.24, 2.45) is 0 Å². The Labute approximate surface area is 134 Å². The van der Waals surface area contributed by atoms with E-state index in [0.717, 1.165) is 6.07 Å². The summed E-state index contributed by atoms with van der Waals surface area (Å²) in [6, 6.07) is 10.2. The summed E-state index contributed by atoms with van der Waals surface area (Å²) in [5.41, 5.74) is 0.463. The third kappa shape index (κ3) is 3.98. The van der Waals surface area contributed by atoms with Crippen LogP contribution in [0.1, 0.15) is 12.5 Å². The van der Waals surface area contributed by atoms with Crippen LogP contribution in [0.25, 0.3) is 0 Å². The quantitative estimate of drug-likeness (QED) is 0.645. The predicted molar refractivity (Wildman–Crippen MR) is 86.3 cm³/mol. The Morgan fingerprint density at radius 3 is 2.61 bits per heavy atom. The first-order valence-electron chi connectivity index (χ1n) is 6.84. The molecule has 8 heteroatoms. The lowest BCUT2D eigenvalue weighted by molar-refractivity contribution is -0.385. The zero-order chi connectivity index (χ0) is 17.0. The number of ether oxygens (including phenoxy) is 1. The largest absolute Gasteiger partial charge is 0.494 e. The molecule has 0 amide bonds. The molecule has 0 aliphatic heterocycles. The van der Waals surface area contributed by atoms with Gasteiger partial charge in [0.15, 0.2) is 0 Å². The first-order chi connectivity index (χ1) is 10.8. The maximum absolute atomic E-state index is 12.5. The standard InChI is InChI=1S/C15H16N2O5S/c1-3-22-14-6-4-5-12(9-14)16-23(20,21)15-10-13(17(18)19)8-7-11(15)2/h4-10,16H,3H2,1-2H3. The van der Waals surface area contributed by atoms with Crippen molar-refractivity contribution in [3.8, 4) is 5.75 Å². The zero-order valence-electron chi connectivity index (χ0n) is 12.6. The third-order valence-corrected chi connectivity index (χ3v) is 4.59. The van der Waals surface area contributed by atoms with Crippen molar-refractivity contribution in [1.82, 2.24) is 0 Å². The van der Waals surface area contributed by atoms with Gasteiger partial charge in [0, 0.05) is 18.2 Å². The second-order valence-electron chi connectivity index (χ2n) is 4.77. The Balaban J connectivity index is 2.37. The summed E-state index contributed by atoms with van der Waals surface area (Å²) in [6.45, 7) is 3.86. The fourth-order valence-corrected chi connectivity index (χ4v) is 3.33. The van der Waals surface area contributed by atoms with Crippen LogP contribution >= 0.6 is 0 Å². The molecule has 0 bridgehead atoms. The van der Waals surface area contributed by atoms with Gasteiger partial charge >= 0.3 is 0 Å². The second kappa shape index (κ2) is 6.66. The number of hydrogen-bond donors (Lipinski definition) is 1. The Hall–Kier alpha value is -2.61. The van der Waals surface area contributed by atoms with Gasteiger partial charge in [-0.05, 0) is 31.5 Å². The topological polar surface area (TPSA) is 98.5 Å². The summed E-state index contributed by atoms with van der Waals surface area (Å²) >= 11 is 0. The summed E-state index contributed by atoms with van der Waals surface area (Å²) in [5.74, 6) is 0.531. The molecule has 0 atom stereocenters. The van der Waals surface area contributed by atoms with E-state index >= 15 is 0 Å². The van der Waals surface area contributed by atoms with E-state index in [4.69, 9.17) is 4.74 Å². The first-order valence-corrected chi connectivity index (χ1v) is 8.32.